The van der Waals surface area contributed by atoms with Gasteiger partial charge in [-0.1, -0.05) is 11.6 Å². The molecule has 126 valence electrons. The molecule has 2 heterocycles. The SMILES string of the molecule is O=C(NCCn1cccc1)[C@H]1CC(=O)N(c2ccc(F)c(Cl)c2)C1. The third kappa shape index (κ3) is 3.59. The minimum Gasteiger partial charge on any atom is -0.354 e. The maximum atomic E-state index is 13.2. The number of nitrogens with one attached hydrogen (secondary N) is 1. The molecule has 2 amide bonds. The van der Waals surface area contributed by atoms with E-state index in [-0.39, 0.29) is 29.8 Å². The molecule has 1 N–H and O–H groups in total. The summed E-state index contributed by atoms with van der Waals surface area (Å²) in [6.07, 6.45) is 3.99. The minimum absolute atomic E-state index is 0.0417. The highest BCUT2D eigenvalue weighted by Crippen LogP contribution is 2.28. The number of hydrogen-bond acceptors (Lipinski definition) is 2. The predicted octanol–water partition coefficient (Wildman–Crippen LogP) is 2.45. The van der Waals surface area contributed by atoms with Gasteiger partial charge in [-0.15, -0.1) is 0 Å². The van der Waals surface area contributed by atoms with Gasteiger partial charge in [-0.2, -0.15) is 0 Å². The van der Waals surface area contributed by atoms with Crippen molar-refractivity contribution < 1.29 is 14.0 Å². The molecule has 0 spiro atoms. The summed E-state index contributed by atoms with van der Waals surface area (Å²) in [6, 6.07) is 7.95. The molecule has 1 aromatic carbocycles. The maximum absolute atomic E-state index is 13.2. The second kappa shape index (κ2) is 7.05. The second-order valence-corrected chi connectivity index (χ2v) is 6.12. The van der Waals surface area contributed by atoms with Crippen LogP contribution in [0.1, 0.15) is 6.42 Å². The van der Waals surface area contributed by atoms with Crippen LogP contribution < -0.4 is 10.2 Å². The van der Waals surface area contributed by atoms with Crippen molar-refractivity contribution in [3.8, 4) is 0 Å². The Morgan fingerprint density at radius 3 is 2.79 bits per heavy atom. The van der Waals surface area contributed by atoms with Crippen LogP contribution in [0.4, 0.5) is 10.1 Å². The molecule has 3 rings (SSSR count). The summed E-state index contributed by atoms with van der Waals surface area (Å²) in [6.45, 7) is 1.45. The first-order valence-corrected chi connectivity index (χ1v) is 8.06. The van der Waals surface area contributed by atoms with E-state index in [0.29, 0.717) is 18.8 Å². The van der Waals surface area contributed by atoms with Crippen molar-refractivity contribution in [2.75, 3.05) is 18.0 Å². The van der Waals surface area contributed by atoms with E-state index < -0.39 is 11.7 Å². The van der Waals surface area contributed by atoms with Gasteiger partial charge >= 0.3 is 0 Å². The molecule has 1 saturated heterocycles. The number of rotatable bonds is 5. The van der Waals surface area contributed by atoms with Gasteiger partial charge in [0.15, 0.2) is 0 Å². The van der Waals surface area contributed by atoms with E-state index in [1.54, 1.807) is 0 Å². The molecule has 0 bridgehead atoms. The normalized spacial score (nSPS) is 17.3. The van der Waals surface area contributed by atoms with Crippen LogP contribution in [0.3, 0.4) is 0 Å². The molecule has 1 fully saturated rings. The summed E-state index contributed by atoms with van der Waals surface area (Å²) in [4.78, 5) is 25.9. The summed E-state index contributed by atoms with van der Waals surface area (Å²) in [5.41, 5.74) is 0.508. The Bertz CT molecular complexity index is 748. The Hall–Kier alpha value is -2.34. The first-order chi connectivity index (χ1) is 11.5. The van der Waals surface area contributed by atoms with Crippen molar-refractivity contribution in [1.82, 2.24) is 9.88 Å². The number of nitrogens with zero attached hydrogens (tertiary/aromatic N) is 2. The Morgan fingerprint density at radius 2 is 2.08 bits per heavy atom. The van der Waals surface area contributed by atoms with E-state index in [1.165, 1.54) is 23.1 Å². The largest absolute Gasteiger partial charge is 0.354 e. The van der Waals surface area contributed by atoms with E-state index in [9.17, 15) is 14.0 Å². The number of halogens is 2. The molecule has 24 heavy (non-hydrogen) atoms. The van der Waals surface area contributed by atoms with Gasteiger partial charge in [-0.3, -0.25) is 9.59 Å². The summed E-state index contributed by atoms with van der Waals surface area (Å²) in [5, 5.41) is 2.81. The van der Waals surface area contributed by atoms with Gasteiger partial charge in [0.1, 0.15) is 5.82 Å². The zero-order valence-electron chi connectivity index (χ0n) is 12.9. The lowest BCUT2D eigenvalue weighted by atomic mass is 10.1. The Kier molecular flexibility index (Phi) is 4.85. The highest BCUT2D eigenvalue weighted by Gasteiger charge is 2.35. The fourth-order valence-electron chi connectivity index (χ4n) is 2.76. The Morgan fingerprint density at radius 1 is 1.33 bits per heavy atom. The fourth-order valence-corrected chi connectivity index (χ4v) is 2.93. The van der Waals surface area contributed by atoms with Gasteiger partial charge in [0.05, 0.1) is 10.9 Å². The smallest absolute Gasteiger partial charge is 0.227 e. The Balaban J connectivity index is 1.57. The topological polar surface area (TPSA) is 54.3 Å². The van der Waals surface area contributed by atoms with Crippen LogP contribution in [0, 0.1) is 11.7 Å². The third-order valence-electron chi connectivity index (χ3n) is 4.05. The molecule has 1 aliphatic rings. The zero-order valence-corrected chi connectivity index (χ0v) is 13.7. The van der Waals surface area contributed by atoms with Crippen molar-refractivity contribution in [3.63, 3.8) is 0 Å². The van der Waals surface area contributed by atoms with Crippen molar-refractivity contribution in [2.24, 2.45) is 5.92 Å². The lowest BCUT2D eigenvalue weighted by molar-refractivity contribution is -0.126. The summed E-state index contributed by atoms with van der Waals surface area (Å²) < 4.78 is 15.2. The van der Waals surface area contributed by atoms with Crippen LogP contribution in [0.2, 0.25) is 5.02 Å². The number of amides is 2. The molecule has 7 heteroatoms. The molecule has 0 aliphatic carbocycles. The summed E-state index contributed by atoms with van der Waals surface area (Å²) in [7, 11) is 0. The van der Waals surface area contributed by atoms with E-state index in [1.807, 2.05) is 29.1 Å². The maximum Gasteiger partial charge on any atom is 0.227 e. The number of aromatic nitrogens is 1. The third-order valence-corrected chi connectivity index (χ3v) is 4.34. The molecular weight excluding hydrogens is 333 g/mol. The standard InChI is InChI=1S/C17H17ClFN3O2/c18-14-10-13(3-4-15(14)19)22-11-12(9-16(22)23)17(24)20-5-8-21-6-1-2-7-21/h1-4,6-7,10,12H,5,8-9,11H2,(H,20,24)/t12-/m0/s1. The van der Waals surface area contributed by atoms with Crippen molar-refractivity contribution in [3.05, 3.63) is 53.6 Å². The number of benzene rings is 1. The summed E-state index contributed by atoms with van der Waals surface area (Å²) >= 11 is 5.76. The molecule has 0 unspecified atom stereocenters. The van der Waals surface area contributed by atoms with Crippen molar-refractivity contribution >= 4 is 29.1 Å². The lowest BCUT2D eigenvalue weighted by Crippen LogP contribution is -2.34. The average Bonchev–Trinajstić information content (AvgIpc) is 3.20. The minimum atomic E-state index is -0.536. The van der Waals surface area contributed by atoms with E-state index in [2.05, 4.69) is 5.32 Å². The van der Waals surface area contributed by atoms with Crippen LogP contribution in [0.5, 0.6) is 0 Å². The number of hydrogen-bond donors (Lipinski definition) is 1. The monoisotopic (exact) mass is 349 g/mol. The molecule has 0 radical (unpaired) electrons. The van der Waals surface area contributed by atoms with Crippen LogP contribution in [0.15, 0.2) is 42.7 Å². The lowest BCUT2D eigenvalue weighted by Gasteiger charge is -2.17. The van der Waals surface area contributed by atoms with Gasteiger partial charge in [0.25, 0.3) is 0 Å². The molecule has 1 aromatic heterocycles. The highest BCUT2D eigenvalue weighted by molar-refractivity contribution is 6.31. The first-order valence-electron chi connectivity index (χ1n) is 7.68. The average molecular weight is 350 g/mol. The molecule has 5 nitrogen and oxygen atoms in total. The highest BCUT2D eigenvalue weighted by atomic mass is 35.5. The van der Waals surface area contributed by atoms with Crippen molar-refractivity contribution in [1.29, 1.82) is 0 Å². The molecule has 2 aromatic rings. The van der Waals surface area contributed by atoms with Gasteiger partial charge in [0, 0.05) is 44.1 Å². The first kappa shape index (κ1) is 16.5. The van der Waals surface area contributed by atoms with E-state index >= 15 is 0 Å². The van der Waals surface area contributed by atoms with Gasteiger partial charge in [-0.25, -0.2) is 4.39 Å². The van der Waals surface area contributed by atoms with Crippen LogP contribution in [-0.4, -0.2) is 29.5 Å². The second-order valence-electron chi connectivity index (χ2n) is 5.72. The fraction of sp³-hybridized carbons (Fsp3) is 0.294. The molecular formula is C17H17ClFN3O2. The Labute approximate surface area is 144 Å². The van der Waals surface area contributed by atoms with Gasteiger partial charge in [-0.05, 0) is 30.3 Å². The predicted molar refractivity (Wildman–Crippen MR) is 89.3 cm³/mol. The molecule has 1 atom stereocenters. The van der Waals surface area contributed by atoms with E-state index in [4.69, 9.17) is 11.6 Å². The van der Waals surface area contributed by atoms with Crippen LogP contribution in [0.25, 0.3) is 0 Å². The zero-order chi connectivity index (χ0) is 17.1. The number of carbonyl (C=O) groups excluding carboxylic acids is 2. The molecule has 0 saturated carbocycles. The summed E-state index contributed by atoms with van der Waals surface area (Å²) in [5.74, 6) is -1.26. The van der Waals surface area contributed by atoms with Gasteiger partial charge < -0.3 is 14.8 Å². The number of anilines is 1. The van der Waals surface area contributed by atoms with E-state index in [0.717, 1.165) is 0 Å². The quantitative estimate of drug-likeness (QED) is 0.901. The van der Waals surface area contributed by atoms with Crippen LogP contribution >= 0.6 is 11.6 Å². The van der Waals surface area contributed by atoms with Crippen LogP contribution in [-0.2, 0) is 16.1 Å². The number of carbonyl (C=O) groups is 2. The van der Waals surface area contributed by atoms with Crippen molar-refractivity contribution in [2.45, 2.75) is 13.0 Å². The molecule has 1 aliphatic heterocycles. The van der Waals surface area contributed by atoms with Gasteiger partial charge in [0.2, 0.25) is 11.8 Å².